The molecule has 0 spiro atoms. The van der Waals surface area contributed by atoms with Crippen LogP contribution in [0.5, 0.6) is 69.0 Å². The number of hydrogen-bond acceptors (Lipinski definition) is 14. The van der Waals surface area contributed by atoms with E-state index in [0.29, 0.717) is 46.0 Å². The number of halogens is 2. The Morgan fingerprint density at radius 3 is 0.789 bits per heavy atom. The Hall–Kier alpha value is -7.82. The topological polar surface area (TPSA) is 212 Å². The van der Waals surface area contributed by atoms with Crippen LogP contribution >= 0.6 is 0 Å². The average Bonchev–Trinajstić information content (AvgIpc) is 4.21. The zero-order valence-electron chi connectivity index (χ0n) is 39.9. The van der Waals surface area contributed by atoms with Gasteiger partial charge in [-0.2, -0.15) is 0 Å². The quantitative estimate of drug-likeness (QED) is 0.117. The van der Waals surface area contributed by atoms with Gasteiger partial charge < -0.3 is 93.1 Å². The van der Waals surface area contributed by atoms with Crippen LogP contribution in [0.2, 0.25) is 0 Å². The molecule has 6 N–H and O–H groups in total. The second-order valence-corrected chi connectivity index (χ2v) is 14.1. The Kier molecular flexibility index (Phi) is 25.0. The van der Waals surface area contributed by atoms with Gasteiger partial charge in [0.1, 0.15) is 23.0 Å². The Labute approximate surface area is 434 Å². The fourth-order valence-corrected chi connectivity index (χ4v) is 6.08. The van der Waals surface area contributed by atoms with Gasteiger partial charge in [0, 0.05) is 46.3 Å². The summed E-state index contributed by atoms with van der Waals surface area (Å²) in [6, 6.07) is 35.6. The number of rotatable bonds is 8. The molecule has 2 aliphatic rings. The van der Waals surface area contributed by atoms with Gasteiger partial charge in [-0.15, -0.1) is 0 Å². The fourth-order valence-electron chi connectivity index (χ4n) is 6.08. The maximum atomic E-state index is 9.15. The van der Waals surface area contributed by atoms with E-state index in [9.17, 15) is 0 Å². The molecule has 4 aromatic carbocycles. The summed E-state index contributed by atoms with van der Waals surface area (Å²) in [6.07, 6.45) is 8.05. The number of nitrogens with one attached hydrogen (secondary N) is 2. The molecular formula is C52H54Cl2MnN4O12. The summed E-state index contributed by atoms with van der Waals surface area (Å²) < 4.78 is 39.1. The van der Waals surface area contributed by atoms with Gasteiger partial charge in [0.05, 0.1) is 79.7 Å². The smallest absolute Gasteiger partial charge is 1.00 e. The Bertz CT molecular complexity index is 2700. The maximum Gasteiger partial charge on any atom is 2.00 e. The van der Waals surface area contributed by atoms with Gasteiger partial charge in [-0.3, -0.25) is 0 Å². The van der Waals surface area contributed by atoms with Crippen molar-refractivity contribution in [3.05, 3.63) is 144 Å². The number of aromatic hydroxyl groups is 4. The minimum Gasteiger partial charge on any atom is -1.00 e. The number of fused-ring (bicyclic) bond motifs is 8. The van der Waals surface area contributed by atoms with Crippen molar-refractivity contribution in [2.24, 2.45) is 0 Å². The molecule has 9 rings (SSSR count). The Balaban J connectivity index is 0.000000319. The van der Waals surface area contributed by atoms with Crippen LogP contribution in [0.4, 0.5) is 0 Å². The van der Waals surface area contributed by atoms with E-state index < -0.39 is 0 Å². The number of phenols is 4. The third-order valence-corrected chi connectivity index (χ3v) is 9.59. The first-order valence-corrected chi connectivity index (χ1v) is 20.6. The number of benzene rings is 4. The first-order valence-electron chi connectivity index (χ1n) is 20.6. The molecular weight excluding hydrogens is 998 g/mol. The number of aromatic nitrogens is 4. The largest absolute Gasteiger partial charge is 2.00 e. The summed E-state index contributed by atoms with van der Waals surface area (Å²) >= 11 is 0. The molecule has 0 amide bonds. The van der Waals surface area contributed by atoms with E-state index in [-0.39, 0.29) is 64.9 Å². The number of ether oxygens (including phenoxy) is 8. The van der Waals surface area contributed by atoms with E-state index in [1.807, 2.05) is 42.5 Å². The molecule has 375 valence electrons. The second kappa shape index (κ2) is 29.9. The Morgan fingerprint density at radius 2 is 0.549 bits per heavy atom. The molecule has 7 aromatic rings. The summed E-state index contributed by atoms with van der Waals surface area (Å²) in [5.74, 6) is 4.82. The summed E-state index contributed by atoms with van der Waals surface area (Å²) in [6.45, 7) is 0. The molecule has 5 heterocycles. The van der Waals surface area contributed by atoms with E-state index in [4.69, 9.17) is 58.3 Å². The number of aromatic amines is 2. The van der Waals surface area contributed by atoms with Gasteiger partial charge in [-0.05, 0) is 121 Å². The minimum atomic E-state index is 0. The van der Waals surface area contributed by atoms with Crippen molar-refractivity contribution in [2.45, 2.75) is 0 Å². The first-order chi connectivity index (χ1) is 32.9. The van der Waals surface area contributed by atoms with E-state index in [0.717, 1.165) is 44.8 Å². The van der Waals surface area contributed by atoms with E-state index >= 15 is 0 Å². The third-order valence-electron chi connectivity index (χ3n) is 9.59. The maximum absolute atomic E-state index is 9.15. The van der Waals surface area contributed by atoms with Crippen molar-refractivity contribution < 1.29 is 100 Å². The molecule has 0 atom stereocenters. The molecule has 3 aromatic heterocycles. The standard InChI is InChI=1S/C20H14N4.4C8H10O3.2ClH.Mn/c1-2-14-10-16-5-6-18(23-16)12-20-8-7-19(24-20)11-17-4-3-15(22-17)9-13(1)21-14;4*1-10-6-3-4-7(9)8(5-6)11-2;;;/h1-12,21-22H;4*3-5,9H,1-2H3;2*1H;/q;;;;;;;+2/p-2. The van der Waals surface area contributed by atoms with Crippen LogP contribution in [0, 0.1) is 0 Å². The van der Waals surface area contributed by atoms with E-state index in [1.165, 1.54) is 52.7 Å². The number of nitrogens with zero attached hydrogens (tertiary/aromatic N) is 2. The van der Waals surface area contributed by atoms with Crippen LogP contribution in [0.3, 0.4) is 0 Å². The van der Waals surface area contributed by atoms with E-state index in [1.54, 1.807) is 77.0 Å². The van der Waals surface area contributed by atoms with Gasteiger partial charge in [0.15, 0.2) is 46.0 Å². The predicted molar refractivity (Wildman–Crippen MR) is 264 cm³/mol. The van der Waals surface area contributed by atoms with Gasteiger partial charge in [0.2, 0.25) is 0 Å². The number of hydrogen-bond donors (Lipinski definition) is 6. The van der Waals surface area contributed by atoms with Crippen LogP contribution in [-0.4, -0.2) is 97.2 Å². The van der Waals surface area contributed by atoms with Crippen molar-refractivity contribution in [1.82, 2.24) is 19.9 Å². The number of H-pyrrole nitrogens is 2. The molecule has 8 bridgehead atoms. The van der Waals surface area contributed by atoms with Crippen molar-refractivity contribution in [1.29, 1.82) is 0 Å². The molecule has 0 fully saturated rings. The van der Waals surface area contributed by atoms with Gasteiger partial charge in [-0.1, -0.05) is 0 Å². The molecule has 0 aliphatic carbocycles. The van der Waals surface area contributed by atoms with Gasteiger partial charge in [0.25, 0.3) is 0 Å². The fraction of sp³-hybridized carbons (Fsp3) is 0.154. The summed E-state index contributed by atoms with van der Waals surface area (Å²) in [5, 5.41) is 36.6. The number of methoxy groups -OCH3 is 8. The van der Waals surface area contributed by atoms with Gasteiger partial charge in [-0.25, -0.2) is 9.97 Å². The third kappa shape index (κ3) is 17.9. The second-order valence-electron chi connectivity index (χ2n) is 14.1. The van der Waals surface area contributed by atoms with Crippen LogP contribution in [0.1, 0.15) is 22.8 Å². The molecule has 71 heavy (non-hydrogen) atoms. The van der Waals surface area contributed by atoms with Crippen molar-refractivity contribution in [3.8, 4) is 69.0 Å². The van der Waals surface area contributed by atoms with Gasteiger partial charge >= 0.3 is 17.1 Å². The first kappa shape index (κ1) is 59.3. The summed E-state index contributed by atoms with van der Waals surface area (Å²) in [7, 11) is 12.2. The van der Waals surface area contributed by atoms with Crippen molar-refractivity contribution in [3.63, 3.8) is 0 Å². The van der Waals surface area contributed by atoms with Crippen LogP contribution in [-0.2, 0) is 17.1 Å². The zero-order chi connectivity index (χ0) is 49.0. The molecule has 16 nitrogen and oxygen atoms in total. The van der Waals surface area contributed by atoms with Crippen LogP contribution < -0.4 is 62.7 Å². The Morgan fingerprint density at radius 1 is 0.310 bits per heavy atom. The van der Waals surface area contributed by atoms with Crippen LogP contribution in [0.25, 0.3) is 46.4 Å². The average molecular weight is 1050 g/mol. The SMILES string of the molecule is C1=Cc2cc3ccc(cc4ccc(cc5nc(cc1n2)C=C5)[nH]4)[nH]3.COc1ccc(O)c(OC)c1.COc1ccc(O)c(OC)c1.COc1ccc(O)c(OC)c1.COc1ccc(O)c(OC)c1.[Cl-].[Cl-].[Mn+2]. The normalized spacial score (nSPS) is 10.0. The van der Waals surface area contributed by atoms with Crippen LogP contribution in [0.15, 0.2) is 121 Å². The molecule has 2 aliphatic heterocycles. The van der Waals surface area contributed by atoms with Crippen molar-refractivity contribution >= 4 is 46.4 Å². The molecule has 0 unspecified atom stereocenters. The molecule has 0 saturated carbocycles. The molecule has 0 saturated heterocycles. The zero-order valence-corrected chi connectivity index (χ0v) is 42.6. The van der Waals surface area contributed by atoms with Crippen molar-refractivity contribution in [2.75, 3.05) is 56.9 Å². The summed E-state index contributed by atoms with van der Waals surface area (Å²) in [5.41, 5.74) is 7.86. The monoisotopic (exact) mass is 1050 g/mol. The number of phenolic OH excluding ortho intramolecular Hbond substituents is 4. The van der Waals surface area contributed by atoms with E-state index in [2.05, 4.69) is 50.3 Å². The molecule has 19 heteroatoms. The summed E-state index contributed by atoms with van der Waals surface area (Å²) in [4.78, 5) is 16.0. The molecule has 1 radical (unpaired) electrons. The predicted octanol–water partition coefficient (Wildman–Crippen LogP) is 4.30. The minimum absolute atomic E-state index is 0.